The molecular weight excluding hydrogens is 252 g/mol. The molecule has 20 heavy (non-hydrogen) atoms. The Hall–Kier alpha value is -1.55. The molecule has 1 fully saturated rings. The molecule has 4 heteroatoms. The van der Waals surface area contributed by atoms with Crippen molar-refractivity contribution in [3.63, 3.8) is 0 Å². The molecule has 2 rings (SSSR count). The third-order valence-electron chi connectivity index (χ3n) is 4.27. The van der Waals surface area contributed by atoms with E-state index in [9.17, 15) is 9.90 Å². The third-order valence-corrected chi connectivity index (χ3v) is 4.27. The van der Waals surface area contributed by atoms with E-state index in [1.165, 1.54) is 6.42 Å². The smallest absolute Gasteiger partial charge is 0.233 e. The zero-order valence-corrected chi connectivity index (χ0v) is 12.1. The van der Waals surface area contributed by atoms with Crippen LogP contribution in [0.2, 0.25) is 0 Å². The Morgan fingerprint density at radius 2 is 1.95 bits per heavy atom. The Morgan fingerprint density at radius 3 is 2.55 bits per heavy atom. The number of nitrogens with zero attached hydrogens (tertiary/aromatic N) is 1. The molecule has 4 nitrogen and oxygen atoms in total. The highest BCUT2D eigenvalue weighted by Gasteiger charge is 2.38. The maximum atomic E-state index is 12.9. The Bertz CT molecular complexity index is 467. The van der Waals surface area contributed by atoms with Crippen LogP contribution < -0.4 is 10.6 Å². The summed E-state index contributed by atoms with van der Waals surface area (Å²) in [5.74, 6) is 0.0872. The van der Waals surface area contributed by atoms with Gasteiger partial charge in [0, 0.05) is 12.0 Å². The number of benzene rings is 1. The summed E-state index contributed by atoms with van der Waals surface area (Å²) in [6.07, 6.45) is 5.23. The quantitative estimate of drug-likeness (QED) is 0.831. The first-order valence-corrected chi connectivity index (χ1v) is 7.36. The van der Waals surface area contributed by atoms with Crippen LogP contribution in [0.3, 0.4) is 0 Å². The van der Waals surface area contributed by atoms with Crippen molar-refractivity contribution >= 4 is 17.3 Å². The molecular formula is C16H24N2O2. The fourth-order valence-electron chi connectivity index (χ4n) is 3.04. The summed E-state index contributed by atoms with van der Waals surface area (Å²) >= 11 is 0. The second-order valence-electron chi connectivity index (χ2n) is 5.86. The minimum Gasteiger partial charge on any atom is -0.397 e. The molecule has 1 aliphatic carbocycles. The number of carbonyl (C=O) groups excluding carboxylic acids is 1. The van der Waals surface area contributed by atoms with Crippen molar-refractivity contribution in [2.45, 2.75) is 39.0 Å². The fraction of sp³-hybridized carbons (Fsp3) is 0.562. The summed E-state index contributed by atoms with van der Waals surface area (Å²) in [5, 5.41) is 9.29. The minimum atomic E-state index is -0.324. The van der Waals surface area contributed by atoms with Crippen LogP contribution in [0.1, 0.15) is 39.0 Å². The van der Waals surface area contributed by atoms with Gasteiger partial charge in [-0.25, -0.2) is 0 Å². The van der Waals surface area contributed by atoms with E-state index in [0.717, 1.165) is 25.7 Å². The summed E-state index contributed by atoms with van der Waals surface area (Å²) in [4.78, 5) is 14.6. The van der Waals surface area contributed by atoms with Crippen LogP contribution in [0.4, 0.5) is 11.4 Å². The van der Waals surface area contributed by atoms with Gasteiger partial charge in [0.15, 0.2) is 0 Å². The number of nitrogens with two attached hydrogens (primary N) is 1. The molecule has 1 aliphatic rings. The van der Waals surface area contributed by atoms with Gasteiger partial charge in [0.2, 0.25) is 5.91 Å². The van der Waals surface area contributed by atoms with Gasteiger partial charge in [-0.2, -0.15) is 0 Å². The van der Waals surface area contributed by atoms with Crippen molar-refractivity contribution in [2.24, 2.45) is 5.41 Å². The SMILES string of the molecule is CC1(C(=O)N(CCO)c2ccccc2N)CCCCC1. The topological polar surface area (TPSA) is 66.6 Å². The molecule has 0 atom stereocenters. The monoisotopic (exact) mass is 276 g/mol. The number of nitrogen functional groups attached to an aromatic ring is 1. The van der Waals surface area contributed by atoms with Gasteiger partial charge in [-0.3, -0.25) is 4.79 Å². The molecule has 1 amide bonds. The first-order valence-electron chi connectivity index (χ1n) is 7.36. The lowest BCUT2D eigenvalue weighted by Gasteiger charge is -2.37. The molecule has 0 saturated heterocycles. The Balaban J connectivity index is 2.28. The van der Waals surface area contributed by atoms with E-state index in [0.29, 0.717) is 17.9 Å². The number of anilines is 2. The molecule has 0 aliphatic heterocycles. The van der Waals surface area contributed by atoms with E-state index >= 15 is 0 Å². The molecule has 0 spiro atoms. The van der Waals surface area contributed by atoms with E-state index in [-0.39, 0.29) is 17.9 Å². The Kier molecular flexibility index (Phi) is 4.65. The number of hydrogen-bond acceptors (Lipinski definition) is 3. The number of carbonyl (C=O) groups is 1. The number of para-hydroxylation sites is 2. The normalized spacial score (nSPS) is 17.7. The molecule has 0 radical (unpaired) electrons. The van der Waals surface area contributed by atoms with Crippen LogP contribution in [0.5, 0.6) is 0 Å². The van der Waals surface area contributed by atoms with Crippen molar-refractivity contribution in [1.82, 2.24) is 0 Å². The lowest BCUT2D eigenvalue weighted by molar-refractivity contribution is -0.129. The van der Waals surface area contributed by atoms with Crippen molar-refractivity contribution in [3.05, 3.63) is 24.3 Å². The maximum absolute atomic E-state index is 12.9. The van der Waals surface area contributed by atoms with Crippen LogP contribution in [-0.4, -0.2) is 24.2 Å². The second kappa shape index (κ2) is 6.27. The summed E-state index contributed by atoms with van der Waals surface area (Å²) in [6, 6.07) is 7.35. The van der Waals surface area contributed by atoms with E-state index in [4.69, 9.17) is 5.73 Å². The lowest BCUT2D eigenvalue weighted by atomic mass is 9.74. The molecule has 1 saturated carbocycles. The Labute approximate surface area is 120 Å². The van der Waals surface area contributed by atoms with E-state index < -0.39 is 0 Å². The third kappa shape index (κ3) is 2.96. The largest absolute Gasteiger partial charge is 0.397 e. The van der Waals surface area contributed by atoms with Crippen LogP contribution in [0, 0.1) is 5.41 Å². The van der Waals surface area contributed by atoms with Gasteiger partial charge in [-0.05, 0) is 25.0 Å². The minimum absolute atomic E-state index is 0.0594. The summed E-state index contributed by atoms with van der Waals surface area (Å²) in [6.45, 7) is 2.27. The molecule has 1 aromatic rings. The van der Waals surface area contributed by atoms with Gasteiger partial charge >= 0.3 is 0 Å². The average molecular weight is 276 g/mol. The molecule has 0 heterocycles. The summed E-state index contributed by atoms with van der Waals surface area (Å²) in [5.41, 5.74) is 6.95. The summed E-state index contributed by atoms with van der Waals surface area (Å²) in [7, 11) is 0. The van der Waals surface area contributed by atoms with Crippen molar-refractivity contribution in [3.8, 4) is 0 Å². The van der Waals surface area contributed by atoms with Crippen molar-refractivity contribution < 1.29 is 9.90 Å². The van der Waals surface area contributed by atoms with E-state index in [2.05, 4.69) is 0 Å². The van der Waals surface area contributed by atoms with Gasteiger partial charge in [0.1, 0.15) is 0 Å². The number of rotatable bonds is 4. The Morgan fingerprint density at radius 1 is 1.30 bits per heavy atom. The van der Waals surface area contributed by atoms with Crippen molar-refractivity contribution in [2.75, 3.05) is 23.8 Å². The standard InChI is InChI=1S/C16H24N2O2/c1-16(9-5-2-6-10-16)15(20)18(11-12-19)14-8-4-3-7-13(14)17/h3-4,7-8,19H,2,5-6,9-12,17H2,1H3. The van der Waals surface area contributed by atoms with Crippen LogP contribution in [0.15, 0.2) is 24.3 Å². The molecule has 0 bridgehead atoms. The zero-order valence-electron chi connectivity index (χ0n) is 12.1. The maximum Gasteiger partial charge on any atom is 0.233 e. The van der Waals surface area contributed by atoms with E-state index in [1.807, 2.05) is 25.1 Å². The summed E-state index contributed by atoms with van der Waals surface area (Å²) < 4.78 is 0. The first-order chi connectivity index (χ1) is 9.58. The molecule has 0 unspecified atom stereocenters. The number of aliphatic hydroxyl groups is 1. The van der Waals surface area contributed by atoms with E-state index in [1.54, 1.807) is 11.0 Å². The second-order valence-corrected chi connectivity index (χ2v) is 5.86. The zero-order chi connectivity index (χ0) is 14.6. The van der Waals surface area contributed by atoms with Crippen LogP contribution in [0.25, 0.3) is 0 Å². The average Bonchev–Trinajstić information content (AvgIpc) is 2.46. The number of amides is 1. The highest BCUT2D eigenvalue weighted by Crippen LogP contribution is 2.39. The lowest BCUT2D eigenvalue weighted by Crippen LogP contribution is -2.45. The van der Waals surface area contributed by atoms with Crippen LogP contribution >= 0.6 is 0 Å². The number of aliphatic hydroxyl groups excluding tert-OH is 1. The highest BCUT2D eigenvalue weighted by atomic mass is 16.3. The number of hydrogen-bond donors (Lipinski definition) is 2. The molecule has 110 valence electrons. The van der Waals surface area contributed by atoms with Crippen molar-refractivity contribution in [1.29, 1.82) is 0 Å². The van der Waals surface area contributed by atoms with Gasteiger partial charge in [-0.15, -0.1) is 0 Å². The molecule has 1 aromatic carbocycles. The van der Waals surface area contributed by atoms with Gasteiger partial charge in [0.05, 0.1) is 18.0 Å². The first kappa shape index (κ1) is 14.9. The molecule has 3 N–H and O–H groups in total. The predicted octanol–water partition coefficient (Wildman–Crippen LogP) is 2.56. The van der Waals surface area contributed by atoms with Crippen LogP contribution in [-0.2, 0) is 4.79 Å². The van der Waals surface area contributed by atoms with Gasteiger partial charge in [0.25, 0.3) is 0 Å². The predicted molar refractivity (Wildman–Crippen MR) is 81.5 cm³/mol. The fourth-order valence-corrected chi connectivity index (χ4v) is 3.04. The highest BCUT2D eigenvalue weighted by molar-refractivity contribution is 5.99. The molecule has 0 aromatic heterocycles. The van der Waals surface area contributed by atoms with Gasteiger partial charge in [-0.1, -0.05) is 38.3 Å². The van der Waals surface area contributed by atoms with Gasteiger partial charge < -0.3 is 15.7 Å².